The maximum Gasteiger partial charge on any atom is 0.227 e. The number of nitrogens with two attached hydrogens (primary N) is 1. The fourth-order valence-corrected chi connectivity index (χ4v) is 2.02. The highest BCUT2D eigenvalue weighted by Crippen LogP contribution is 2.29. The molecule has 1 atom stereocenters. The summed E-state index contributed by atoms with van der Waals surface area (Å²) in [6, 6.07) is 7.27. The summed E-state index contributed by atoms with van der Waals surface area (Å²) in [5.41, 5.74) is 15.4. The van der Waals surface area contributed by atoms with Gasteiger partial charge >= 0.3 is 0 Å². The summed E-state index contributed by atoms with van der Waals surface area (Å²) in [5.74, 6) is 0.110. The molecule has 1 heterocycles. The van der Waals surface area contributed by atoms with Gasteiger partial charge in [-0.25, -0.2) is 0 Å². The number of nitrogens with zero attached hydrogens (tertiary/aromatic N) is 4. The van der Waals surface area contributed by atoms with Crippen molar-refractivity contribution in [1.82, 2.24) is 0 Å². The van der Waals surface area contributed by atoms with Crippen LogP contribution in [0, 0.1) is 5.92 Å². The van der Waals surface area contributed by atoms with Crippen LogP contribution in [0.1, 0.15) is 6.42 Å². The van der Waals surface area contributed by atoms with Crippen molar-refractivity contribution in [1.29, 1.82) is 0 Å². The van der Waals surface area contributed by atoms with Crippen molar-refractivity contribution in [2.45, 2.75) is 6.42 Å². The Morgan fingerprint density at radius 1 is 1.53 bits per heavy atom. The van der Waals surface area contributed by atoms with Gasteiger partial charge in [-0.3, -0.25) is 4.79 Å². The molecule has 6 heteroatoms. The van der Waals surface area contributed by atoms with E-state index in [0.29, 0.717) is 25.2 Å². The van der Waals surface area contributed by atoms with Crippen LogP contribution in [0.3, 0.4) is 0 Å². The number of rotatable bonds is 3. The fourth-order valence-electron chi connectivity index (χ4n) is 2.02. The zero-order chi connectivity index (χ0) is 12.3. The summed E-state index contributed by atoms with van der Waals surface area (Å²) in [5, 5.41) is 3.51. The topological polar surface area (TPSA) is 95.1 Å². The van der Waals surface area contributed by atoms with Gasteiger partial charge in [-0.15, -0.1) is 0 Å². The van der Waals surface area contributed by atoms with Crippen LogP contribution in [0.25, 0.3) is 10.4 Å². The van der Waals surface area contributed by atoms with E-state index in [2.05, 4.69) is 10.0 Å². The number of carbonyl (C=O) groups excluding carboxylic acids is 1. The molecule has 17 heavy (non-hydrogen) atoms. The second-order valence-corrected chi connectivity index (χ2v) is 4.05. The molecule has 1 aromatic carbocycles. The zero-order valence-electron chi connectivity index (χ0n) is 9.28. The SMILES string of the molecule is [N-]=[N+]=NCC1CC(=O)N(c2ccccc2N)C1. The first-order valence-corrected chi connectivity index (χ1v) is 5.38. The smallest absolute Gasteiger partial charge is 0.227 e. The molecule has 0 spiro atoms. The molecular weight excluding hydrogens is 218 g/mol. The second kappa shape index (κ2) is 4.76. The molecule has 1 fully saturated rings. The van der Waals surface area contributed by atoms with Crippen LogP contribution in [0.4, 0.5) is 11.4 Å². The Morgan fingerprint density at radius 2 is 2.29 bits per heavy atom. The van der Waals surface area contributed by atoms with E-state index in [4.69, 9.17) is 11.3 Å². The van der Waals surface area contributed by atoms with Crippen LogP contribution in [-0.4, -0.2) is 19.0 Å². The van der Waals surface area contributed by atoms with Gasteiger partial charge < -0.3 is 10.6 Å². The third kappa shape index (κ3) is 2.32. The van der Waals surface area contributed by atoms with Crippen LogP contribution in [-0.2, 0) is 4.79 Å². The fraction of sp³-hybridized carbons (Fsp3) is 0.364. The average Bonchev–Trinajstić information content (AvgIpc) is 2.68. The molecular formula is C11H13N5O. The molecule has 1 aromatic rings. The number of hydrogen-bond acceptors (Lipinski definition) is 3. The first kappa shape index (κ1) is 11.3. The number of azide groups is 1. The first-order valence-electron chi connectivity index (χ1n) is 5.38. The molecule has 0 bridgehead atoms. The lowest BCUT2D eigenvalue weighted by atomic mass is 10.1. The van der Waals surface area contributed by atoms with E-state index in [1.165, 1.54) is 0 Å². The Bertz CT molecular complexity index is 481. The number of anilines is 2. The van der Waals surface area contributed by atoms with Crippen molar-refractivity contribution >= 4 is 17.3 Å². The second-order valence-electron chi connectivity index (χ2n) is 4.05. The lowest BCUT2D eigenvalue weighted by Crippen LogP contribution is -2.25. The van der Waals surface area contributed by atoms with E-state index in [-0.39, 0.29) is 11.8 Å². The standard InChI is InChI=1S/C11H13N5O/c12-9-3-1-2-4-10(9)16-7-8(5-11(16)17)6-14-15-13/h1-4,8H,5-7,12H2. The molecule has 1 saturated heterocycles. The van der Waals surface area contributed by atoms with Crippen molar-refractivity contribution in [2.75, 3.05) is 23.7 Å². The molecule has 6 nitrogen and oxygen atoms in total. The van der Waals surface area contributed by atoms with Gasteiger partial charge in [0.2, 0.25) is 5.91 Å². The van der Waals surface area contributed by atoms with Crippen molar-refractivity contribution in [2.24, 2.45) is 11.0 Å². The molecule has 0 radical (unpaired) electrons. The minimum absolute atomic E-state index is 0.0287. The summed E-state index contributed by atoms with van der Waals surface area (Å²) in [6.45, 7) is 0.914. The largest absolute Gasteiger partial charge is 0.397 e. The van der Waals surface area contributed by atoms with Crippen molar-refractivity contribution < 1.29 is 4.79 Å². The lowest BCUT2D eigenvalue weighted by molar-refractivity contribution is -0.117. The summed E-state index contributed by atoms with van der Waals surface area (Å²) >= 11 is 0. The van der Waals surface area contributed by atoms with Crippen molar-refractivity contribution in [3.05, 3.63) is 34.7 Å². The monoisotopic (exact) mass is 231 g/mol. The normalized spacial score (nSPS) is 19.2. The maximum atomic E-state index is 11.8. The summed E-state index contributed by atoms with van der Waals surface area (Å²) in [7, 11) is 0. The molecule has 1 aliphatic heterocycles. The average molecular weight is 231 g/mol. The minimum Gasteiger partial charge on any atom is -0.397 e. The Labute approximate surface area is 98.6 Å². The van der Waals surface area contributed by atoms with E-state index in [9.17, 15) is 4.79 Å². The van der Waals surface area contributed by atoms with E-state index in [1.807, 2.05) is 18.2 Å². The van der Waals surface area contributed by atoms with Gasteiger partial charge in [-0.2, -0.15) is 0 Å². The molecule has 1 amide bonds. The van der Waals surface area contributed by atoms with Crippen molar-refractivity contribution in [3.63, 3.8) is 0 Å². The van der Waals surface area contributed by atoms with Gasteiger partial charge in [0.05, 0.1) is 11.4 Å². The number of carbonyl (C=O) groups is 1. The van der Waals surface area contributed by atoms with Crippen LogP contribution >= 0.6 is 0 Å². The highest BCUT2D eigenvalue weighted by Gasteiger charge is 2.30. The molecule has 2 N–H and O–H groups in total. The summed E-state index contributed by atoms with van der Waals surface area (Å²) in [6.07, 6.45) is 0.410. The predicted molar refractivity (Wildman–Crippen MR) is 65.3 cm³/mol. The highest BCUT2D eigenvalue weighted by atomic mass is 16.2. The Morgan fingerprint density at radius 3 is 3.00 bits per heavy atom. The Kier molecular flexibility index (Phi) is 3.16. The third-order valence-corrected chi connectivity index (χ3v) is 2.84. The zero-order valence-corrected chi connectivity index (χ0v) is 9.28. The number of benzene rings is 1. The molecule has 0 aromatic heterocycles. The quantitative estimate of drug-likeness (QED) is 0.372. The van der Waals surface area contributed by atoms with Crippen LogP contribution in [0.5, 0.6) is 0 Å². The minimum atomic E-state index is 0.0287. The van der Waals surface area contributed by atoms with Gasteiger partial charge in [0.15, 0.2) is 0 Å². The summed E-state index contributed by atoms with van der Waals surface area (Å²) in [4.78, 5) is 16.2. The molecule has 1 unspecified atom stereocenters. The Balaban J connectivity index is 2.16. The maximum absolute atomic E-state index is 11.8. The summed E-state index contributed by atoms with van der Waals surface area (Å²) < 4.78 is 0. The molecule has 0 aliphatic carbocycles. The van der Waals surface area contributed by atoms with Crippen LogP contribution in [0.15, 0.2) is 29.4 Å². The Hall–Kier alpha value is -2.20. The van der Waals surface area contributed by atoms with Gasteiger partial charge in [-0.1, -0.05) is 17.2 Å². The number of amides is 1. The predicted octanol–water partition coefficient (Wildman–Crippen LogP) is 1.93. The van der Waals surface area contributed by atoms with Crippen LogP contribution in [0.2, 0.25) is 0 Å². The van der Waals surface area contributed by atoms with Crippen LogP contribution < -0.4 is 10.6 Å². The van der Waals surface area contributed by atoms with Gasteiger partial charge in [0, 0.05) is 24.4 Å². The lowest BCUT2D eigenvalue weighted by Gasteiger charge is -2.18. The molecule has 0 saturated carbocycles. The van der Waals surface area contributed by atoms with E-state index >= 15 is 0 Å². The first-order chi connectivity index (χ1) is 8.22. The van der Waals surface area contributed by atoms with E-state index in [0.717, 1.165) is 5.69 Å². The number of hydrogen-bond donors (Lipinski definition) is 1. The molecule has 88 valence electrons. The van der Waals surface area contributed by atoms with E-state index < -0.39 is 0 Å². The van der Waals surface area contributed by atoms with E-state index in [1.54, 1.807) is 11.0 Å². The molecule has 2 rings (SSSR count). The van der Waals surface area contributed by atoms with Gasteiger partial charge in [0.25, 0.3) is 0 Å². The molecule has 1 aliphatic rings. The highest BCUT2D eigenvalue weighted by molar-refractivity contribution is 5.98. The third-order valence-electron chi connectivity index (χ3n) is 2.84. The van der Waals surface area contributed by atoms with Gasteiger partial charge in [0.1, 0.15) is 0 Å². The van der Waals surface area contributed by atoms with Gasteiger partial charge in [-0.05, 0) is 23.6 Å². The van der Waals surface area contributed by atoms with Crippen molar-refractivity contribution in [3.8, 4) is 0 Å². The number of para-hydroxylation sites is 2. The number of nitrogen functional groups attached to an aromatic ring is 1.